The van der Waals surface area contributed by atoms with Gasteiger partial charge in [0, 0.05) is 17.8 Å². The number of H-pyrrole nitrogens is 1. The third kappa shape index (κ3) is 2.21. The number of aliphatic carboxylic acids is 1. The molecule has 0 aromatic carbocycles. The van der Waals surface area contributed by atoms with E-state index in [0.29, 0.717) is 5.69 Å². The van der Waals surface area contributed by atoms with Crippen LogP contribution in [0.15, 0.2) is 10.9 Å². The van der Waals surface area contributed by atoms with E-state index in [4.69, 9.17) is 5.11 Å². The number of carboxylic acid groups (broad SMARTS) is 1. The van der Waals surface area contributed by atoms with E-state index in [1.807, 2.05) is 13.8 Å². The number of hydrogen-bond acceptors (Lipinski definition) is 2. The Labute approximate surface area is 75.0 Å². The van der Waals surface area contributed by atoms with Gasteiger partial charge in [0.1, 0.15) is 0 Å². The van der Waals surface area contributed by atoms with E-state index >= 15 is 0 Å². The molecule has 1 aromatic heterocycles. The van der Waals surface area contributed by atoms with Crippen molar-refractivity contribution in [1.82, 2.24) is 9.78 Å². The summed E-state index contributed by atoms with van der Waals surface area (Å²) in [6.45, 7) is 3.70. The Morgan fingerprint density at radius 1 is 1.69 bits per heavy atom. The first-order chi connectivity index (χ1) is 6.00. The fraction of sp³-hybridized carbons (Fsp3) is 0.500. The molecule has 0 radical (unpaired) electrons. The molecule has 1 aromatic rings. The van der Waals surface area contributed by atoms with Gasteiger partial charge in [0.05, 0.1) is 6.42 Å². The highest BCUT2D eigenvalue weighted by molar-refractivity contribution is 5.69. The fourth-order valence-corrected chi connectivity index (χ4v) is 1.10. The molecule has 2 N–H and O–H groups in total. The third-order valence-corrected chi connectivity index (χ3v) is 1.66. The number of rotatable bonds is 3. The molecule has 0 saturated carbocycles. The molecule has 1 heterocycles. The number of nitrogens with zero attached hydrogens (tertiary/aromatic N) is 1. The van der Waals surface area contributed by atoms with Crippen molar-refractivity contribution in [2.24, 2.45) is 0 Å². The number of aromatic amines is 1. The van der Waals surface area contributed by atoms with Crippen molar-refractivity contribution in [2.45, 2.75) is 26.3 Å². The molecule has 0 fully saturated rings. The third-order valence-electron chi connectivity index (χ3n) is 1.66. The minimum atomic E-state index is -0.947. The summed E-state index contributed by atoms with van der Waals surface area (Å²) in [5.74, 6) is -0.947. The predicted molar refractivity (Wildman–Crippen MR) is 46.8 cm³/mol. The molecular formula is C8H12N2O3. The maximum Gasteiger partial charge on any atom is 0.309 e. The molecule has 0 aliphatic carbocycles. The summed E-state index contributed by atoms with van der Waals surface area (Å²) in [5.41, 5.74) is 0.248. The second kappa shape index (κ2) is 3.47. The number of aromatic nitrogens is 2. The van der Waals surface area contributed by atoms with E-state index in [1.165, 1.54) is 10.7 Å². The lowest BCUT2D eigenvalue weighted by Crippen LogP contribution is -2.17. The minimum absolute atomic E-state index is 0.0232. The minimum Gasteiger partial charge on any atom is -0.481 e. The average molecular weight is 184 g/mol. The van der Waals surface area contributed by atoms with E-state index in [1.54, 1.807) is 0 Å². The number of carbonyl (C=O) groups is 1. The van der Waals surface area contributed by atoms with Crippen LogP contribution in [0, 0.1) is 0 Å². The van der Waals surface area contributed by atoms with E-state index < -0.39 is 5.97 Å². The van der Waals surface area contributed by atoms with Gasteiger partial charge in [-0.25, -0.2) is 0 Å². The van der Waals surface area contributed by atoms with Crippen molar-refractivity contribution in [3.05, 3.63) is 22.1 Å². The summed E-state index contributed by atoms with van der Waals surface area (Å²) >= 11 is 0. The van der Waals surface area contributed by atoms with Crippen molar-refractivity contribution in [3.63, 3.8) is 0 Å². The molecule has 0 amide bonds. The van der Waals surface area contributed by atoms with Crippen molar-refractivity contribution < 1.29 is 9.90 Å². The number of nitrogens with one attached hydrogen (secondary N) is 1. The highest BCUT2D eigenvalue weighted by Gasteiger charge is 2.07. The highest BCUT2D eigenvalue weighted by atomic mass is 16.4. The number of carboxylic acids is 1. The van der Waals surface area contributed by atoms with Crippen LogP contribution in [-0.4, -0.2) is 20.9 Å². The molecule has 0 saturated heterocycles. The van der Waals surface area contributed by atoms with Gasteiger partial charge >= 0.3 is 5.97 Å². The van der Waals surface area contributed by atoms with Gasteiger partial charge in [0.2, 0.25) is 0 Å². The Morgan fingerprint density at radius 3 is 2.69 bits per heavy atom. The van der Waals surface area contributed by atoms with Crippen LogP contribution in [0.25, 0.3) is 0 Å². The molecule has 0 aliphatic rings. The first-order valence-corrected chi connectivity index (χ1v) is 4.03. The summed E-state index contributed by atoms with van der Waals surface area (Å²) < 4.78 is 1.40. The highest BCUT2D eigenvalue weighted by Crippen LogP contribution is 1.99. The van der Waals surface area contributed by atoms with E-state index in [9.17, 15) is 9.59 Å². The van der Waals surface area contributed by atoms with E-state index in [0.717, 1.165) is 0 Å². The van der Waals surface area contributed by atoms with Crippen LogP contribution in [0.1, 0.15) is 25.6 Å². The molecule has 72 valence electrons. The lowest BCUT2D eigenvalue weighted by atomic mass is 10.3. The van der Waals surface area contributed by atoms with Crippen LogP contribution in [0.5, 0.6) is 0 Å². The molecule has 5 nitrogen and oxygen atoms in total. The van der Waals surface area contributed by atoms with Crippen molar-refractivity contribution in [2.75, 3.05) is 0 Å². The molecule has 1 rings (SSSR count). The first-order valence-electron chi connectivity index (χ1n) is 4.03. The van der Waals surface area contributed by atoms with Crippen molar-refractivity contribution in [1.29, 1.82) is 0 Å². The van der Waals surface area contributed by atoms with Crippen LogP contribution in [0.2, 0.25) is 0 Å². The quantitative estimate of drug-likeness (QED) is 0.713. The summed E-state index contributed by atoms with van der Waals surface area (Å²) in [6.07, 6.45) is -0.144. The van der Waals surface area contributed by atoms with E-state index in [2.05, 4.69) is 5.10 Å². The lowest BCUT2D eigenvalue weighted by molar-refractivity contribution is -0.136. The fourth-order valence-electron chi connectivity index (χ4n) is 1.10. The van der Waals surface area contributed by atoms with Gasteiger partial charge in [-0.15, -0.1) is 0 Å². The van der Waals surface area contributed by atoms with Crippen LogP contribution in [0.4, 0.5) is 0 Å². The SMILES string of the molecule is CC(C)n1[nH]c(CC(=O)O)cc1=O. The van der Waals surface area contributed by atoms with Gasteiger partial charge in [-0.1, -0.05) is 0 Å². The molecule has 0 atom stereocenters. The van der Waals surface area contributed by atoms with Gasteiger partial charge < -0.3 is 5.11 Å². The van der Waals surface area contributed by atoms with Crippen LogP contribution >= 0.6 is 0 Å². The maximum atomic E-state index is 11.2. The zero-order chi connectivity index (χ0) is 10.0. The standard InChI is InChI=1S/C8H12N2O3/c1-5(2)10-7(11)3-6(9-10)4-8(12)13/h3,5,9H,4H2,1-2H3,(H,12,13). The average Bonchev–Trinajstić information content (AvgIpc) is 2.29. The molecule has 0 spiro atoms. The van der Waals surface area contributed by atoms with Gasteiger partial charge in [0.15, 0.2) is 0 Å². The lowest BCUT2D eigenvalue weighted by Gasteiger charge is -2.04. The van der Waals surface area contributed by atoms with Crippen LogP contribution < -0.4 is 5.56 Å². The second-order valence-corrected chi connectivity index (χ2v) is 3.15. The van der Waals surface area contributed by atoms with E-state index in [-0.39, 0.29) is 18.0 Å². The Hall–Kier alpha value is -1.52. The maximum absolute atomic E-state index is 11.2. The molecule has 5 heteroatoms. The summed E-state index contributed by atoms with van der Waals surface area (Å²) in [6, 6.07) is 1.34. The second-order valence-electron chi connectivity index (χ2n) is 3.15. The normalized spacial score (nSPS) is 10.7. The topological polar surface area (TPSA) is 75.1 Å². The van der Waals surface area contributed by atoms with Crippen LogP contribution in [-0.2, 0) is 11.2 Å². The Kier molecular flexibility index (Phi) is 2.55. The van der Waals surface area contributed by atoms with Crippen molar-refractivity contribution in [3.8, 4) is 0 Å². The Bertz CT molecular complexity index is 362. The summed E-state index contributed by atoms with van der Waals surface area (Å²) in [4.78, 5) is 21.5. The van der Waals surface area contributed by atoms with Gasteiger partial charge in [0.25, 0.3) is 5.56 Å². The molecular weight excluding hydrogens is 172 g/mol. The Morgan fingerprint density at radius 2 is 2.31 bits per heavy atom. The zero-order valence-electron chi connectivity index (χ0n) is 7.57. The van der Waals surface area contributed by atoms with Crippen molar-refractivity contribution >= 4 is 5.97 Å². The predicted octanol–water partition coefficient (Wildman–Crippen LogP) is 0.384. The van der Waals surface area contributed by atoms with Gasteiger partial charge in [-0.3, -0.25) is 19.4 Å². The first kappa shape index (κ1) is 9.57. The molecule has 13 heavy (non-hydrogen) atoms. The molecule has 0 aliphatic heterocycles. The van der Waals surface area contributed by atoms with Crippen LogP contribution in [0.3, 0.4) is 0 Å². The largest absolute Gasteiger partial charge is 0.481 e. The van der Waals surface area contributed by atoms with Gasteiger partial charge in [-0.2, -0.15) is 0 Å². The zero-order valence-corrected chi connectivity index (χ0v) is 7.57. The monoisotopic (exact) mass is 184 g/mol. The molecule has 0 unspecified atom stereocenters. The number of hydrogen-bond donors (Lipinski definition) is 2. The summed E-state index contributed by atoms with van der Waals surface area (Å²) in [5, 5.41) is 11.2. The Balaban J connectivity index is 2.95. The van der Waals surface area contributed by atoms with Gasteiger partial charge in [-0.05, 0) is 13.8 Å². The smallest absolute Gasteiger partial charge is 0.309 e. The summed E-state index contributed by atoms with van der Waals surface area (Å²) in [7, 11) is 0. The molecule has 0 bridgehead atoms.